The van der Waals surface area contributed by atoms with Gasteiger partial charge in [0.15, 0.2) is 5.13 Å². The van der Waals surface area contributed by atoms with Crippen LogP contribution in [0.5, 0.6) is 5.75 Å². The molecule has 0 aliphatic heterocycles. The summed E-state index contributed by atoms with van der Waals surface area (Å²) in [6, 6.07) is 4.88. The molecular formula is C12H13N3O2S. The van der Waals surface area contributed by atoms with Crippen LogP contribution in [-0.2, 0) is 0 Å². The van der Waals surface area contributed by atoms with E-state index in [9.17, 15) is 9.90 Å². The number of hydrogen-bond acceptors (Lipinski definition) is 5. The zero-order chi connectivity index (χ0) is 13.3. The van der Waals surface area contributed by atoms with Crippen molar-refractivity contribution in [2.45, 2.75) is 13.8 Å². The molecule has 2 aromatic rings. The van der Waals surface area contributed by atoms with E-state index < -0.39 is 0 Å². The number of phenols is 1. The first-order chi connectivity index (χ1) is 8.47. The van der Waals surface area contributed by atoms with E-state index in [0.29, 0.717) is 27.0 Å². The molecule has 0 unspecified atom stereocenters. The van der Waals surface area contributed by atoms with Crippen molar-refractivity contribution in [1.82, 2.24) is 4.98 Å². The number of anilines is 2. The normalized spacial score (nSPS) is 10.3. The summed E-state index contributed by atoms with van der Waals surface area (Å²) in [6.45, 7) is 3.50. The van der Waals surface area contributed by atoms with Gasteiger partial charge in [-0.15, -0.1) is 0 Å². The zero-order valence-electron chi connectivity index (χ0n) is 10.0. The second-order valence-corrected chi connectivity index (χ2v) is 4.95. The van der Waals surface area contributed by atoms with Crippen LogP contribution < -0.4 is 11.1 Å². The van der Waals surface area contributed by atoms with Crippen LogP contribution in [0.3, 0.4) is 0 Å². The van der Waals surface area contributed by atoms with Crippen LogP contribution in [0.15, 0.2) is 18.2 Å². The van der Waals surface area contributed by atoms with Crippen molar-refractivity contribution in [2.75, 3.05) is 11.1 Å². The number of carbonyl (C=O) groups excluding carboxylic acids is 1. The molecule has 1 aromatic carbocycles. The number of nitrogen functional groups attached to an aromatic ring is 1. The number of amides is 1. The van der Waals surface area contributed by atoms with Crippen molar-refractivity contribution in [3.63, 3.8) is 0 Å². The SMILES string of the molecule is Cc1cc(NC(=O)c2sc(N)nc2C)ccc1O. The van der Waals surface area contributed by atoms with Crippen LogP contribution in [0, 0.1) is 13.8 Å². The minimum atomic E-state index is -0.244. The van der Waals surface area contributed by atoms with E-state index in [2.05, 4.69) is 10.3 Å². The Bertz CT molecular complexity index is 607. The number of phenolic OH excluding ortho intramolecular Hbond substituents is 1. The van der Waals surface area contributed by atoms with Gasteiger partial charge in [0.05, 0.1) is 5.69 Å². The minimum Gasteiger partial charge on any atom is -0.508 e. The highest BCUT2D eigenvalue weighted by Gasteiger charge is 2.14. The Balaban J connectivity index is 2.21. The van der Waals surface area contributed by atoms with Gasteiger partial charge < -0.3 is 16.2 Å². The van der Waals surface area contributed by atoms with Gasteiger partial charge in [-0.2, -0.15) is 0 Å². The van der Waals surface area contributed by atoms with Gasteiger partial charge in [-0.1, -0.05) is 11.3 Å². The Hall–Kier alpha value is -2.08. The lowest BCUT2D eigenvalue weighted by atomic mass is 10.2. The number of aromatic hydroxyl groups is 1. The first-order valence-electron chi connectivity index (χ1n) is 5.31. The average molecular weight is 263 g/mol. The molecule has 0 spiro atoms. The van der Waals surface area contributed by atoms with Crippen LogP contribution in [0.4, 0.5) is 10.8 Å². The Morgan fingerprint density at radius 1 is 1.44 bits per heavy atom. The number of benzene rings is 1. The molecule has 6 heteroatoms. The summed E-state index contributed by atoms with van der Waals surface area (Å²) in [5.74, 6) is -0.0435. The van der Waals surface area contributed by atoms with Crippen molar-refractivity contribution >= 4 is 28.1 Å². The van der Waals surface area contributed by atoms with Crippen molar-refractivity contribution < 1.29 is 9.90 Å². The quantitative estimate of drug-likeness (QED) is 0.725. The lowest BCUT2D eigenvalue weighted by molar-refractivity contribution is 0.103. The molecule has 0 bridgehead atoms. The van der Waals surface area contributed by atoms with E-state index in [1.165, 1.54) is 0 Å². The fraction of sp³-hybridized carbons (Fsp3) is 0.167. The van der Waals surface area contributed by atoms with Crippen LogP contribution in [0.25, 0.3) is 0 Å². The van der Waals surface area contributed by atoms with E-state index >= 15 is 0 Å². The molecular weight excluding hydrogens is 250 g/mol. The van der Waals surface area contributed by atoms with E-state index in [1.807, 2.05) is 0 Å². The smallest absolute Gasteiger partial charge is 0.267 e. The molecule has 0 saturated heterocycles. The summed E-state index contributed by atoms with van der Waals surface area (Å²) in [5.41, 5.74) is 7.49. The van der Waals surface area contributed by atoms with E-state index in [-0.39, 0.29) is 11.7 Å². The Labute approximate surface area is 108 Å². The fourth-order valence-corrected chi connectivity index (χ4v) is 2.28. The summed E-state index contributed by atoms with van der Waals surface area (Å²) in [7, 11) is 0. The van der Waals surface area contributed by atoms with Crippen molar-refractivity contribution in [3.8, 4) is 5.75 Å². The third-order valence-electron chi connectivity index (χ3n) is 2.47. The van der Waals surface area contributed by atoms with Gasteiger partial charge in [-0.25, -0.2) is 4.98 Å². The first kappa shape index (κ1) is 12.4. The highest BCUT2D eigenvalue weighted by molar-refractivity contribution is 7.17. The first-order valence-corrected chi connectivity index (χ1v) is 6.13. The number of thiazole rings is 1. The molecule has 0 aliphatic carbocycles. The monoisotopic (exact) mass is 263 g/mol. The van der Waals surface area contributed by atoms with Crippen molar-refractivity contribution in [3.05, 3.63) is 34.3 Å². The van der Waals surface area contributed by atoms with Gasteiger partial charge in [0.1, 0.15) is 10.6 Å². The van der Waals surface area contributed by atoms with Gasteiger partial charge in [-0.05, 0) is 37.6 Å². The number of rotatable bonds is 2. The van der Waals surface area contributed by atoms with Gasteiger partial charge in [0.25, 0.3) is 5.91 Å². The number of aromatic nitrogens is 1. The lowest BCUT2D eigenvalue weighted by Crippen LogP contribution is -2.11. The zero-order valence-corrected chi connectivity index (χ0v) is 10.8. The highest BCUT2D eigenvalue weighted by Crippen LogP contribution is 2.23. The number of carbonyl (C=O) groups is 1. The van der Waals surface area contributed by atoms with Crippen LogP contribution in [0.2, 0.25) is 0 Å². The molecule has 4 N–H and O–H groups in total. The molecule has 0 radical (unpaired) electrons. The summed E-state index contributed by atoms with van der Waals surface area (Å²) in [5, 5.41) is 12.5. The largest absolute Gasteiger partial charge is 0.508 e. The average Bonchev–Trinajstić information content (AvgIpc) is 2.63. The second kappa shape index (κ2) is 4.66. The molecule has 1 amide bonds. The summed E-state index contributed by atoms with van der Waals surface area (Å²) < 4.78 is 0. The van der Waals surface area contributed by atoms with Gasteiger partial charge in [-0.3, -0.25) is 4.79 Å². The Kier molecular flexibility index (Phi) is 3.20. The lowest BCUT2D eigenvalue weighted by Gasteiger charge is -2.06. The van der Waals surface area contributed by atoms with Crippen LogP contribution in [0.1, 0.15) is 20.9 Å². The summed E-state index contributed by atoms with van der Waals surface area (Å²) in [4.78, 5) is 16.5. The number of nitrogens with two attached hydrogens (primary N) is 1. The molecule has 0 fully saturated rings. The Morgan fingerprint density at radius 3 is 2.72 bits per heavy atom. The number of aryl methyl sites for hydroxylation is 2. The molecule has 1 heterocycles. The highest BCUT2D eigenvalue weighted by atomic mass is 32.1. The summed E-state index contributed by atoms with van der Waals surface area (Å²) >= 11 is 1.15. The molecule has 94 valence electrons. The molecule has 2 rings (SSSR count). The van der Waals surface area contributed by atoms with E-state index in [0.717, 1.165) is 11.3 Å². The maximum Gasteiger partial charge on any atom is 0.267 e. The summed E-state index contributed by atoms with van der Waals surface area (Å²) in [6.07, 6.45) is 0. The number of nitrogens with zero attached hydrogens (tertiary/aromatic N) is 1. The van der Waals surface area contributed by atoms with E-state index in [1.54, 1.807) is 32.0 Å². The standard InChI is InChI=1S/C12H13N3O2S/c1-6-5-8(3-4-9(6)16)15-11(17)10-7(2)14-12(13)18-10/h3-5,16H,1-2H3,(H2,13,14)(H,15,17). The third-order valence-corrected chi connectivity index (χ3v) is 3.46. The molecule has 1 aromatic heterocycles. The van der Waals surface area contributed by atoms with Crippen molar-refractivity contribution in [2.24, 2.45) is 0 Å². The molecule has 0 aliphatic rings. The molecule has 0 saturated carbocycles. The van der Waals surface area contributed by atoms with Gasteiger partial charge in [0.2, 0.25) is 0 Å². The maximum atomic E-state index is 12.0. The maximum absolute atomic E-state index is 12.0. The number of nitrogens with one attached hydrogen (secondary N) is 1. The van der Waals surface area contributed by atoms with Crippen LogP contribution in [-0.4, -0.2) is 16.0 Å². The van der Waals surface area contributed by atoms with Gasteiger partial charge >= 0.3 is 0 Å². The Morgan fingerprint density at radius 2 is 2.17 bits per heavy atom. The fourth-order valence-electron chi connectivity index (χ4n) is 1.55. The van der Waals surface area contributed by atoms with Gasteiger partial charge in [0, 0.05) is 5.69 Å². The molecule has 18 heavy (non-hydrogen) atoms. The molecule has 5 nitrogen and oxygen atoms in total. The topological polar surface area (TPSA) is 88.2 Å². The second-order valence-electron chi connectivity index (χ2n) is 3.92. The molecule has 0 atom stereocenters. The number of hydrogen-bond donors (Lipinski definition) is 3. The van der Waals surface area contributed by atoms with Crippen LogP contribution >= 0.6 is 11.3 Å². The minimum absolute atomic E-state index is 0.200. The van der Waals surface area contributed by atoms with Crippen molar-refractivity contribution in [1.29, 1.82) is 0 Å². The predicted molar refractivity (Wildman–Crippen MR) is 72.1 cm³/mol. The third kappa shape index (κ3) is 2.43. The van der Waals surface area contributed by atoms with E-state index in [4.69, 9.17) is 5.73 Å². The predicted octanol–water partition coefficient (Wildman–Crippen LogP) is 2.30.